The summed E-state index contributed by atoms with van der Waals surface area (Å²) in [4.78, 5) is 11.8. The Morgan fingerprint density at radius 1 is 1.47 bits per heavy atom. The molecule has 5 heteroatoms. The van der Waals surface area contributed by atoms with Gasteiger partial charge in [-0.2, -0.15) is 0 Å². The molecular weight excluding hydrogens is 244 g/mol. The first-order valence-electron chi connectivity index (χ1n) is 6.34. The summed E-state index contributed by atoms with van der Waals surface area (Å²) in [5.41, 5.74) is 7.29. The van der Waals surface area contributed by atoms with Crippen molar-refractivity contribution in [2.24, 2.45) is 0 Å². The summed E-state index contributed by atoms with van der Waals surface area (Å²) in [5.74, 6) is 0.417. The SMILES string of the molecule is COCCCNC(=O)C(C)Oc1c(C)cccc1N. The molecular formula is C14H22N2O3. The van der Waals surface area contributed by atoms with Gasteiger partial charge in [0.1, 0.15) is 5.75 Å². The van der Waals surface area contributed by atoms with Crippen molar-refractivity contribution >= 4 is 11.6 Å². The zero-order chi connectivity index (χ0) is 14.3. The number of nitrogens with two attached hydrogens (primary N) is 1. The van der Waals surface area contributed by atoms with Crippen molar-refractivity contribution in [3.05, 3.63) is 23.8 Å². The number of hydrogen-bond donors (Lipinski definition) is 2. The molecule has 0 fully saturated rings. The number of hydrogen-bond acceptors (Lipinski definition) is 4. The van der Waals surface area contributed by atoms with Crippen LogP contribution in [0.2, 0.25) is 0 Å². The summed E-state index contributed by atoms with van der Waals surface area (Å²) in [6.07, 6.45) is 0.201. The Labute approximate surface area is 114 Å². The predicted octanol–water partition coefficient (Wildman–Crippen LogP) is 1.50. The van der Waals surface area contributed by atoms with Gasteiger partial charge in [-0.25, -0.2) is 0 Å². The molecule has 0 aliphatic heterocycles. The molecule has 0 spiro atoms. The summed E-state index contributed by atoms with van der Waals surface area (Å²) in [7, 11) is 1.63. The van der Waals surface area contributed by atoms with Crippen molar-refractivity contribution in [1.82, 2.24) is 5.32 Å². The van der Waals surface area contributed by atoms with Crippen molar-refractivity contribution in [3.63, 3.8) is 0 Å². The van der Waals surface area contributed by atoms with Gasteiger partial charge in [-0.15, -0.1) is 0 Å². The van der Waals surface area contributed by atoms with Crippen LogP contribution in [0.25, 0.3) is 0 Å². The number of aryl methyl sites for hydroxylation is 1. The number of benzene rings is 1. The number of carbonyl (C=O) groups is 1. The van der Waals surface area contributed by atoms with E-state index in [2.05, 4.69) is 5.32 Å². The molecule has 0 heterocycles. The van der Waals surface area contributed by atoms with Gasteiger partial charge in [0.05, 0.1) is 5.69 Å². The fourth-order valence-corrected chi connectivity index (χ4v) is 1.64. The Morgan fingerprint density at radius 2 is 2.21 bits per heavy atom. The highest BCUT2D eigenvalue weighted by molar-refractivity contribution is 5.81. The van der Waals surface area contributed by atoms with E-state index in [9.17, 15) is 4.79 Å². The molecule has 19 heavy (non-hydrogen) atoms. The molecule has 0 saturated heterocycles. The molecule has 1 rings (SSSR count). The minimum atomic E-state index is -0.578. The van der Waals surface area contributed by atoms with Crippen LogP contribution < -0.4 is 15.8 Å². The normalized spacial score (nSPS) is 11.9. The van der Waals surface area contributed by atoms with Gasteiger partial charge in [0, 0.05) is 20.3 Å². The van der Waals surface area contributed by atoms with E-state index in [1.54, 1.807) is 20.1 Å². The molecule has 0 bridgehead atoms. The third kappa shape index (κ3) is 4.79. The van der Waals surface area contributed by atoms with E-state index < -0.39 is 6.10 Å². The average Bonchev–Trinajstić information content (AvgIpc) is 2.38. The highest BCUT2D eigenvalue weighted by atomic mass is 16.5. The van der Waals surface area contributed by atoms with Gasteiger partial charge in [-0.3, -0.25) is 4.79 Å². The van der Waals surface area contributed by atoms with Crippen molar-refractivity contribution in [1.29, 1.82) is 0 Å². The molecule has 3 N–H and O–H groups in total. The van der Waals surface area contributed by atoms with Crippen LogP contribution in [0.4, 0.5) is 5.69 Å². The van der Waals surface area contributed by atoms with Gasteiger partial charge < -0.3 is 20.5 Å². The minimum absolute atomic E-state index is 0.154. The van der Waals surface area contributed by atoms with E-state index in [4.69, 9.17) is 15.2 Å². The van der Waals surface area contributed by atoms with Crippen molar-refractivity contribution in [2.75, 3.05) is 26.0 Å². The fourth-order valence-electron chi connectivity index (χ4n) is 1.64. The average molecular weight is 266 g/mol. The second-order valence-corrected chi connectivity index (χ2v) is 4.39. The van der Waals surface area contributed by atoms with Crippen molar-refractivity contribution < 1.29 is 14.3 Å². The number of methoxy groups -OCH3 is 1. The maximum atomic E-state index is 11.8. The Kier molecular flexibility index (Phi) is 6.15. The predicted molar refractivity (Wildman–Crippen MR) is 75.2 cm³/mol. The van der Waals surface area contributed by atoms with Gasteiger partial charge in [0.2, 0.25) is 0 Å². The molecule has 1 amide bonds. The van der Waals surface area contributed by atoms with Crippen LogP contribution in [0.15, 0.2) is 18.2 Å². The summed E-state index contributed by atoms with van der Waals surface area (Å²) in [6.45, 7) is 4.80. The maximum Gasteiger partial charge on any atom is 0.260 e. The summed E-state index contributed by atoms with van der Waals surface area (Å²) in [5, 5.41) is 2.79. The largest absolute Gasteiger partial charge is 0.478 e. The third-order valence-corrected chi connectivity index (χ3v) is 2.73. The number of rotatable bonds is 7. The van der Waals surface area contributed by atoms with Crippen LogP contribution in [0.1, 0.15) is 18.9 Å². The second kappa shape index (κ2) is 7.63. The van der Waals surface area contributed by atoms with Gasteiger partial charge in [0.25, 0.3) is 5.91 Å². The molecule has 0 aliphatic carbocycles. The highest BCUT2D eigenvalue weighted by Crippen LogP contribution is 2.26. The number of para-hydroxylation sites is 1. The lowest BCUT2D eigenvalue weighted by molar-refractivity contribution is -0.127. The van der Waals surface area contributed by atoms with E-state index in [0.29, 0.717) is 24.6 Å². The summed E-state index contributed by atoms with van der Waals surface area (Å²) in [6, 6.07) is 5.51. The smallest absolute Gasteiger partial charge is 0.260 e. The standard InChI is InChI=1S/C14H22N2O3/c1-10-6-4-7-12(15)13(10)19-11(2)14(17)16-8-5-9-18-3/h4,6-7,11H,5,8-9,15H2,1-3H3,(H,16,17). The van der Waals surface area contributed by atoms with Crippen LogP contribution in [0, 0.1) is 6.92 Å². The van der Waals surface area contributed by atoms with Crippen LogP contribution in [-0.2, 0) is 9.53 Å². The van der Waals surface area contributed by atoms with Gasteiger partial charge >= 0.3 is 0 Å². The molecule has 0 aromatic heterocycles. The molecule has 5 nitrogen and oxygen atoms in total. The lowest BCUT2D eigenvalue weighted by Gasteiger charge is -2.17. The molecule has 1 aromatic rings. The quantitative estimate of drug-likeness (QED) is 0.579. The number of carbonyl (C=O) groups excluding carboxylic acids is 1. The molecule has 1 aromatic carbocycles. The number of nitrogen functional groups attached to an aromatic ring is 1. The van der Waals surface area contributed by atoms with Crippen LogP contribution in [0.3, 0.4) is 0 Å². The third-order valence-electron chi connectivity index (χ3n) is 2.73. The molecule has 1 atom stereocenters. The van der Waals surface area contributed by atoms with E-state index in [-0.39, 0.29) is 5.91 Å². The van der Waals surface area contributed by atoms with Gasteiger partial charge in [-0.05, 0) is 31.9 Å². The lowest BCUT2D eigenvalue weighted by Crippen LogP contribution is -2.37. The monoisotopic (exact) mass is 266 g/mol. The highest BCUT2D eigenvalue weighted by Gasteiger charge is 2.16. The zero-order valence-corrected chi connectivity index (χ0v) is 11.7. The van der Waals surface area contributed by atoms with E-state index in [0.717, 1.165) is 12.0 Å². The van der Waals surface area contributed by atoms with E-state index >= 15 is 0 Å². The maximum absolute atomic E-state index is 11.8. The number of ether oxygens (including phenoxy) is 2. The molecule has 1 unspecified atom stereocenters. The van der Waals surface area contributed by atoms with Crippen LogP contribution in [0.5, 0.6) is 5.75 Å². The summed E-state index contributed by atoms with van der Waals surface area (Å²) < 4.78 is 10.5. The zero-order valence-electron chi connectivity index (χ0n) is 11.7. The molecule has 106 valence electrons. The summed E-state index contributed by atoms with van der Waals surface area (Å²) >= 11 is 0. The number of anilines is 1. The Balaban J connectivity index is 2.50. The molecule has 0 saturated carbocycles. The first-order chi connectivity index (χ1) is 9.06. The van der Waals surface area contributed by atoms with E-state index in [1.807, 2.05) is 19.1 Å². The topological polar surface area (TPSA) is 73.6 Å². The first-order valence-corrected chi connectivity index (χ1v) is 6.34. The fraction of sp³-hybridized carbons (Fsp3) is 0.500. The Morgan fingerprint density at radius 3 is 2.84 bits per heavy atom. The van der Waals surface area contributed by atoms with Gasteiger partial charge in [-0.1, -0.05) is 12.1 Å². The number of nitrogens with one attached hydrogen (secondary N) is 1. The van der Waals surface area contributed by atoms with E-state index in [1.165, 1.54) is 0 Å². The Hall–Kier alpha value is -1.75. The second-order valence-electron chi connectivity index (χ2n) is 4.39. The van der Waals surface area contributed by atoms with Crippen LogP contribution in [-0.4, -0.2) is 32.3 Å². The number of amides is 1. The lowest BCUT2D eigenvalue weighted by atomic mass is 10.2. The Bertz CT molecular complexity index is 401. The van der Waals surface area contributed by atoms with Gasteiger partial charge in [0.15, 0.2) is 6.10 Å². The van der Waals surface area contributed by atoms with Crippen molar-refractivity contribution in [2.45, 2.75) is 26.4 Å². The van der Waals surface area contributed by atoms with Crippen LogP contribution >= 0.6 is 0 Å². The first kappa shape index (κ1) is 15.3. The van der Waals surface area contributed by atoms with Crippen molar-refractivity contribution in [3.8, 4) is 5.75 Å². The molecule has 0 aliphatic rings. The minimum Gasteiger partial charge on any atom is -0.478 e. The molecule has 0 radical (unpaired) electrons.